The molecule has 0 unspecified atom stereocenters. The van der Waals surface area contributed by atoms with Crippen LogP contribution >= 0.6 is 11.8 Å². The van der Waals surface area contributed by atoms with Gasteiger partial charge in [-0.25, -0.2) is 0 Å². The van der Waals surface area contributed by atoms with Crippen LogP contribution in [-0.4, -0.2) is 13.7 Å². The smallest absolute Gasteiger partial charge is 0.122 e. The summed E-state index contributed by atoms with van der Waals surface area (Å²) in [7, 11) is 1.66. The van der Waals surface area contributed by atoms with E-state index in [0.29, 0.717) is 6.61 Å². The Bertz CT molecular complexity index is 555. The Morgan fingerprint density at radius 1 is 1.00 bits per heavy atom. The second-order valence-electron chi connectivity index (χ2n) is 4.36. The number of nitrogen functional groups attached to an aromatic ring is 1. The Hall–Kier alpha value is -1.81. The molecule has 20 heavy (non-hydrogen) atoms. The second-order valence-corrected chi connectivity index (χ2v) is 5.51. The Balaban J connectivity index is 2.12. The van der Waals surface area contributed by atoms with E-state index in [-0.39, 0.29) is 0 Å². The predicted octanol–water partition coefficient (Wildman–Crippen LogP) is 4.22. The van der Waals surface area contributed by atoms with E-state index in [2.05, 4.69) is 6.92 Å². The summed E-state index contributed by atoms with van der Waals surface area (Å²) < 4.78 is 10.8. The van der Waals surface area contributed by atoms with Crippen LogP contribution in [0.4, 0.5) is 5.69 Å². The van der Waals surface area contributed by atoms with E-state index < -0.39 is 0 Å². The number of benzene rings is 2. The van der Waals surface area contributed by atoms with Crippen LogP contribution in [0.2, 0.25) is 0 Å². The first-order valence-corrected chi connectivity index (χ1v) is 7.38. The minimum absolute atomic E-state index is 0.704. The molecule has 2 aromatic rings. The SMILES string of the molecule is CCCOc1cc(N)cc(Sc2ccc(OC)cc2)c1. The summed E-state index contributed by atoms with van der Waals surface area (Å²) in [6, 6.07) is 13.8. The normalized spacial score (nSPS) is 10.3. The third-order valence-corrected chi connectivity index (χ3v) is 3.65. The molecule has 0 atom stereocenters. The molecule has 0 bridgehead atoms. The van der Waals surface area contributed by atoms with E-state index in [1.807, 2.05) is 42.5 Å². The van der Waals surface area contributed by atoms with Crippen LogP contribution < -0.4 is 15.2 Å². The Labute approximate surface area is 124 Å². The first-order chi connectivity index (χ1) is 9.71. The molecular weight excluding hydrogens is 270 g/mol. The molecule has 0 fully saturated rings. The van der Waals surface area contributed by atoms with Crippen LogP contribution in [0.15, 0.2) is 52.3 Å². The fourth-order valence-electron chi connectivity index (χ4n) is 1.74. The van der Waals surface area contributed by atoms with Gasteiger partial charge in [0.05, 0.1) is 13.7 Å². The van der Waals surface area contributed by atoms with Crippen LogP contribution in [0.25, 0.3) is 0 Å². The number of hydrogen-bond donors (Lipinski definition) is 1. The standard InChI is InChI=1S/C16H19NO2S/c1-3-8-19-14-9-12(17)10-16(11-14)20-15-6-4-13(18-2)5-7-15/h4-7,9-11H,3,8,17H2,1-2H3. The lowest BCUT2D eigenvalue weighted by molar-refractivity contribution is 0.317. The lowest BCUT2D eigenvalue weighted by Gasteiger charge is -2.09. The van der Waals surface area contributed by atoms with E-state index in [9.17, 15) is 0 Å². The summed E-state index contributed by atoms with van der Waals surface area (Å²) in [5, 5.41) is 0. The second kappa shape index (κ2) is 7.10. The quantitative estimate of drug-likeness (QED) is 0.809. The first kappa shape index (κ1) is 14.6. The molecule has 0 aromatic heterocycles. The molecule has 0 heterocycles. The topological polar surface area (TPSA) is 44.5 Å². The van der Waals surface area contributed by atoms with Gasteiger partial charge < -0.3 is 15.2 Å². The molecule has 0 amide bonds. The van der Waals surface area contributed by atoms with E-state index in [1.165, 1.54) is 0 Å². The molecule has 0 aliphatic carbocycles. The molecule has 3 nitrogen and oxygen atoms in total. The van der Waals surface area contributed by atoms with Gasteiger partial charge in [0.15, 0.2) is 0 Å². The number of hydrogen-bond acceptors (Lipinski definition) is 4. The molecule has 2 N–H and O–H groups in total. The third-order valence-electron chi connectivity index (χ3n) is 2.67. The summed E-state index contributed by atoms with van der Waals surface area (Å²) in [6.07, 6.45) is 0.982. The van der Waals surface area contributed by atoms with Gasteiger partial charge in [-0.15, -0.1) is 0 Å². The van der Waals surface area contributed by atoms with Crippen LogP contribution in [0.3, 0.4) is 0 Å². The average molecular weight is 289 g/mol. The molecule has 0 aliphatic heterocycles. The molecule has 4 heteroatoms. The van der Waals surface area contributed by atoms with Crippen molar-refractivity contribution >= 4 is 17.4 Å². The summed E-state index contributed by atoms with van der Waals surface area (Å²) in [5.74, 6) is 1.68. The van der Waals surface area contributed by atoms with Gasteiger partial charge in [-0.05, 0) is 42.8 Å². The van der Waals surface area contributed by atoms with Gasteiger partial charge in [0, 0.05) is 21.5 Å². The zero-order valence-electron chi connectivity index (χ0n) is 11.8. The third kappa shape index (κ3) is 4.10. The lowest BCUT2D eigenvalue weighted by Crippen LogP contribution is -1.96. The maximum atomic E-state index is 5.92. The van der Waals surface area contributed by atoms with Crippen molar-refractivity contribution in [1.82, 2.24) is 0 Å². The van der Waals surface area contributed by atoms with Crippen molar-refractivity contribution in [2.75, 3.05) is 19.5 Å². The van der Waals surface area contributed by atoms with Crippen molar-refractivity contribution in [3.8, 4) is 11.5 Å². The minimum atomic E-state index is 0.704. The fourth-order valence-corrected chi connectivity index (χ4v) is 2.65. The molecule has 0 radical (unpaired) electrons. The summed E-state index contributed by atoms with van der Waals surface area (Å²) >= 11 is 1.65. The maximum absolute atomic E-state index is 5.92. The van der Waals surface area contributed by atoms with E-state index in [0.717, 1.165) is 33.4 Å². The molecule has 2 rings (SSSR count). The molecular formula is C16H19NO2S. The van der Waals surface area contributed by atoms with Crippen LogP contribution in [0.5, 0.6) is 11.5 Å². The molecule has 0 spiro atoms. The van der Waals surface area contributed by atoms with Gasteiger partial charge in [-0.1, -0.05) is 18.7 Å². The number of methoxy groups -OCH3 is 1. The Morgan fingerprint density at radius 2 is 1.75 bits per heavy atom. The molecule has 106 valence electrons. The number of rotatable bonds is 6. The number of anilines is 1. The highest BCUT2D eigenvalue weighted by molar-refractivity contribution is 7.99. The van der Waals surface area contributed by atoms with Gasteiger partial charge in [-0.2, -0.15) is 0 Å². The van der Waals surface area contributed by atoms with Crippen molar-refractivity contribution in [2.45, 2.75) is 23.1 Å². The van der Waals surface area contributed by atoms with E-state index in [4.69, 9.17) is 15.2 Å². The average Bonchev–Trinajstić information content (AvgIpc) is 2.45. The highest BCUT2D eigenvalue weighted by atomic mass is 32.2. The molecule has 0 saturated carbocycles. The zero-order valence-corrected chi connectivity index (χ0v) is 12.6. The van der Waals surface area contributed by atoms with Crippen molar-refractivity contribution in [3.63, 3.8) is 0 Å². The van der Waals surface area contributed by atoms with Gasteiger partial charge in [0.25, 0.3) is 0 Å². The van der Waals surface area contributed by atoms with Crippen molar-refractivity contribution in [3.05, 3.63) is 42.5 Å². The van der Waals surface area contributed by atoms with Crippen molar-refractivity contribution in [1.29, 1.82) is 0 Å². The van der Waals surface area contributed by atoms with Crippen LogP contribution in [0.1, 0.15) is 13.3 Å². The summed E-state index contributed by atoms with van der Waals surface area (Å²) in [5.41, 5.74) is 6.63. The molecule has 0 aliphatic rings. The summed E-state index contributed by atoms with van der Waals surface area (Å²) in [4.78, 5) is 2.21. The van der Waals surface area contributed by atoms with Gasteiger partial charge in [0.2, 0.25) is 0 Å². The minimum Gasteiger partial charge on any atom is -0.497 e. The Morgan fingerprint density at radius 3 is 2.40 bits per heavy atom. The molecule has 2 aromatic carbocycles. The fraction of sp³-hybridized carbons (Fsp3) is 0.250. The van der Waals surface area contributed by atoms with Gasteiger partial charge >= 0.3 is 0 Å². The zero-order chi connectivity index (χ0) is 14.4. The highest BCUT2D eigenvalue weighted by Crippen LogP contribution is 2.33. The van der Waals surface area contributed by atoms with E-state index >= 15 is 0 Å². The monoisotopic (exact) mass is 289 g/mol. The van der Waals surface area contributed by atoms with Gasteiger partial charge in [-0.3, -0.25) is 0 Å². The molecule has 0 saturated heterocycles. The predicted molar refractivity (Wildman–Crippen MR) is 83.8 cm³/mol. The first-order valence-electron chi connectivity index (χ1n) is 6.56. The summed E-state index contributed by atoms with van der Waals surface area (Å²) in [6.45, 7) is 2.79. The largest absolute Gasteiger partial charge is 0.497 e. The number of ether oxygens (including phenoxy) is 2. The maximum Gasteiger partial charge on any atom is 0.122 e. The van der Waals surface area contributed by atoms with Crippen molar-refractivity contribution in [2.24, 2.45) is 0 Å². The van der Waals surface area contributed by atoms with Gasteiger partial charge in [0.1, 0.15) is 11.5 Å². The number of nitrogens with two attached hydrogens (primary N) is 1. The lowest BCUT2D eigenvalue weighted by atomic mass is 10.3. The Kier molecular flexibility index (Phi) is 5.18. The van der Waals surface area contributed by atoms with Crippen LogP contribution in [-0.2, 0) is 0 Å². The van der Waals surface area contributed by atoms with Crippen LogP contribution in [0, 0.1) is 0 Å². The highest BCUT2D eigenvalue weighted by Gasteiger charge is 2.03. The van der Waals surface area contributed by atoms with E-state index in [1.54, 1.807) is 18.9 Å². The van der Waals surface area contributed by atoms with Crippen molar-refractivity contribution < 1.29 is 9.47 Å².